The van der Waals surface area contributed by atoms with Crippen LogP contribution in [0.1, 0.15) is 34.6 Å². The van der Waals surface area contributed by atoms with Gasteiger partial charge in [0, 0.05) is 0 Å². The van der Waals surface area contributed by atoms with E-state index in [-0.39, 0.29) is 38.0 Å². The number of aliphatic hydroxyl groups is 1. The van der Waals surface area contributed by atoms with Crippen molar-refractivity contribution in [2.45, 2.75) is 65.0 Å². The predicted molar refractivity (Wildman–Crippen MR) is 104 cm³/mol. The van der Waals surface area contributed by atoms with Gasteiger partial charge in [-0.1, -0.05) is 20.8 Å². The Morgan fingerprint density at radius 2 is 1.30 bits per heavy atom. The third-order valence-electron chi connectivity index (χ3n) is 3.35. The Balaban J connectivity index is -0.000000173. The van der Waals surface area contributed by atoms with Gasteiger partial charge in [-0.3, -0.25) is 0 Å². The van der Waals surface area contributed by atoms with Gasteiger partial charge in [0.25, 0.3) is 0 Å². The normalized spacial score (nSPS) is 13.1. The van der Waals surface area contributed by atoms with Crippen molar-refractivity contribution >= 4 is 47.2 Å². The van der Waals surface area contributed by atoms with Gasteiger partial charge in [-0.15, -0.1) is 0 Å². The second-order valence-electron chi connectivity index (χ2n) is 6.24. The standard InChI is InChI=1S/C10H22O3Si.C4H8O3.2H2S/c1-8(9(11)12-5)13-14(6,7)10(2,3)4;1-3(5)4(6)7-2;;/h8H,1-7H3;3,5H,1-2H3;2*1H2/t8-;3-;;/m00../s1. The smallest absolute Gasteiger partial charge is 0.334 e. The molecule has 9 heteroatoms. The van der Waals surface area contributed by atoms with Gasteiger partial charge in [0.15, 0.2) is 8.32 Å². The number of methoxy groups -OCH3 is 2. The maximum atomic E-state index is 11.2. The van der Waals surface area contributed by atoms with Crippen molar-refractivity contribution in [3.8, 4) is 0 Å². The largest absolute Gasteiger partial charge is 0.467 e. The van der Waals surface area contributed by atoms with Crippen LogP contribution in [0.5, 0.6) is 0 Å². The summed E-state index contributed by atoms with van der Waals surface area (Å²) >= 11 is 0. The molecule has 0 radical (unpaired) electrons. The van der Waals surface area contributed by atoms with Crippen molar-refractivity contribution in [2.24, 2.45) is 0 Å². The first-order valence-corrected chi connectivity index (χ1v) is 9.72. The summed E-state index contributed by atoms with van der Waals surface area (Å²) in [6.07, 6.45) is -1.45. The molecule has 0 aliphatic heterocycles. The van der Waals surface area contributed by atoms with Gasteiger partial charge in [0.1, 0.15) is 12.2 Å². The van der Waals surface area contributed by atoms with E-state index in [1.807, 2.05) is 0 Å². The van der Waals surface area contributed by atoms with Crippen LogP contribution < -0.4 is 0 Å². The molecule has 0 saturated carbocycles. The van der Waals surface area contributed by atoms with Gasteiger partial charge >= 0.3 is 11.9 Å². The zero-order valence-corrected chi connectivity index (χ0v) is 18.6. The van der Waals surface area contributed by atoms with Crippen LogP contribution in [-0.2, 0) is 23.5 Å². The van der Waals surface area contributed by atoms with Gasteiger partial charge < -0.3 is 19.0 Å². The fourth-order valence-corrected chi connectivity index (χ4v) is 2.34. The van der Waals surface area contributed by atoms with Gasteiger partial charge in [-0.2, -0.15) is 27.0 Å². The number of esters is 2. The van der Waals surface area contributed by atoms with E-state index >= 15 is 0 Å². The van der Waals surface area contributed by atoms with Crippen LogP contribution >= 0.6 is 27.0 Å². The number of ether oxygens (including phenoxy) is 2. The molecule has 0 aromatic carbocycles. The van der Waals surface area contributed by atoms with Crippen molar-refractivity contribution in [3.63, 3.8) is 0 Å². The van der Waals surface area contributed by atoms with Crippen molar-refractivity contribution in [1.82, 2.24) is 0 Å². The molecule has 0 amide bonds. The van der Waals surface area contributed by atoms with Crippen molar-refractivity contribution in [3.05, 3.63) is 0 Å². The molecule has 0 saturated heterocycles. The number of aliphatic hydroxyl groups excluding tert-OH is 1. The highest BCUT2D eigenvalue weighted by molar-refractivity contribution is 7.59. The maximum absolute atomic E-state index is 11.2. The molecular weight excluding hydrogens is 356 g/mol. The number of rotatable bonds is 4. The first kappa shape index (κ1) is 30.6. The Hall–Kier alpha value is -0.223. The molecule has 142 valence electrons. The van der Waals surface area contributed by atoms with Crippen molar-refractivity contribution in [2.75, 3.05) is 14.2 Å². The van der Waals surface area contributed by atoms with Crippen LogP contribution in [0.25, 0.3) is 0 Å². The quantitative estimate of drug-likeness (QED) is 0.586. The first-order valence-electron chi connectivity index (χ1n) is 6.81. The third-order valence-corrected chi connectivity index (χ3v) is 7.91. The van der Waals surface area contributed by atoms with Crippen LogP contribution in [0.3, 0.4) is 0 Å². The molecule has 0 heterocycles. The lowest BCUT2D eigenvalue weighted by Gasteiger charge is -2.37. The summed E-state index contributed by atoms with van der Waals surface area (Å²) in [6, 6.07) is 0. The number of hydrogen-bond donors (Lipinski definition) is 1. The summed E-state index contributed by atoms with van der Waals surface area (Å²) in [7, 11) is 0.766. The lowest BCUT2D eigenvalue weighted by atomic mass is 10.2. The highest BCUT2D eigenvalue weighted by Gasteiger charge is 2.39. The van der Waals surface area contributed by atoms with Gasteiger partial charge in [-0.25, -0.2) is 9.59 Å². The third kappa shape index (κ3) is 12.8. The minimum absolute atomic E-state index is 0. The molecule has 0 bridgehead atoms. The summed E-state index contributed by atoms with van der Waals surface area (Å²) in [5.41, 5.74) is 0. The minimum Gasteiger partial charge on any atom is -0.467 e. The lowest BCUT2D eigenvalue weighted by Crippen LogP contribution is -2.45. The average Bonchev–Trinajstić information content (AvgIpc) is 2.35. The molecule has 0 fully saturated rings. The van der Waals surface area contributed by atoms with E-state index in [1.54, 1.807) is 6.92 Å². The van der Waals surface area contributed by atoms with E-state index in [4.69, 9.17) is 9.53 Å². The molecule has 1 N–H and O–H groups in total. The van der Waals surface area contributed by atoms with E-state index in [9.17, 15) is 9.59 Å². The monoisotopic (exact) mass is 390 g/mol. The van der Waals surface area contributed by atoms with Crippen LogP contribution in [0, 0.1) is 0 Å². The Labute approximate surface area is 155 Å². The van der Waals surface area contributed by atoms with Crippen LogP contribution in [0.4, 0.5) is 0 Å². The second kappa shape index (κ2) is 13.1. The highest BCUT2D eigenvalue weighted by atomic mass is 32.1. The number of hydrogen-bond acceptors (Lipinski definition) is 6. The SMILES string of the molecule is COC(=O)[C@H](C)O.COC(=O)[C@H](C)O[Si](C)(C)C(C)(C)C.S.S. The minimum atomic E-state index is -1.85. The van der Waals surface area contributed by atoms with Gasteiger partial charge in [0.05, 0.1) is 14.2 Å². The predicted octanol–water partition coefficient (Wildman–Crippen LogP) is 2.34. The zero-order chi connectivity index (χ0) is 17.4. The molecule has 0 aliphatic carbocycles. The van der Waals surface area contributed by atoms with E-state index in [2.05, 4.69) is 43.3 Å². The molecule has 6 nitrogen and oxygen atoms in total. The number of carbonyl (C=O) groups excluding carboxylic acids is 2. The van der Waals surface area contributed by atoms with Gasteiger partial charge in [-0.05, 0) is 32.0 Å². The fourth-order valence-electron chi connectivity index (χ4n) is 1.00. The molecule has 0 aromatic rings. The van der Waals surface area contributed by atoms with Crippen LogP contribution in [-0.4, -0.2) is 51.8 Å². The van der Waals surface area contributed by atoms with Crippen molar-refractivity contribution in [1.29, 1.82) is 0 Å². The van der Waals surface area contributed by atoms with E-state index in [0.29, 0.717) is 0 Å². The molecule has 0 aliphatic rings. The van der Waals surface area contributed by atoms with E-state index in [0.717, 1.165) is 0 Å². The number of carbonyl (C=O) groups is 2. The van der Waals surface area contributed by atoms with Crippen LogP contribution in [0.2, 0.25) is 18.1 Å². The van der Waals surface area contributed by atoms with E-state index < -0.39 is 26.5 Å². The molecule has 0 unspecified atom stereocenters. The summed E-state index contributed by atoms with van der Waals surface area (Å²) in [4.78, 5) is 21.2. The second-order valence-corrected chi connectivity index (χ2v) is 11.0. The molecular formula is C14H34O6S2Si. The van der Waals surface area contributed by atoms with Crippen molar-refractivity contribution < 1.29 is 28.6 Å². The molecule has 0 spiro atoms. The van der Waals surface area contributed by atoms with Crippen LogP contribution in [0.15, 0.2) is 0 Å². The Kier molecular flexibility index (Phi) is 17.5. The maximum Gasteiger partial charge on any atom is 0.334 e. The average molecular weight is 391 g/mol. The zero-order valence-electron chi connectivity index (χ0n) is 15.6. The molecule has 0 aromatic heterocycles. The Morgan fingerprint density at radius 3 is 1.48 bits per heavy atom. The molecule has 23 heavy (non-hydrogen) atoms. The lowest BCUT2D eigenvalue weighted by molar-refractivity contribution is -0.149. The molecule has 0 rings (SSSR count). The highest BCUT2D eigenvalue weighted by Crippen LogP contribution is 2.37. The first-order chi connectivity index (χ1) is 9.30. The Morgan fingerprint density at radius 1 is 0.957 bits per heavy atom. The van der Waals surface area contributed by atoms with E-state index in [1.165, 1.54) is 21.1 Å². The summed E-state index contributed by atoms with van der Waals surface area (Å²) in [5, 5.41) is 8.47. The molecule has 2 atom stereocenters. The topological polar surface area (TPSA) is 82.1 Å². The van der Waals surface area contributed by atoms with Gasteiger partial charge in [0.2, 0.25) is 0 Å². The fraction of sp³-hybridized carbons (Fsp3) is 0.857. The summed E-state index contributed by atoms with van der Waals surface area (Å²) in [6.45, 7) is 13.8. The summed E-state index contributed by atoms with van der Waals surface area (Å²) < 4.78 is 14.6. The Bertz CT molecular complexity index is 343. The summed E-state index contributed by atoms with van der Waals surface area (Å²) in [5.74, 6) is -0.894.